The lowest BCUT2D eigenvalue weighted by molar-refractivity contribution is -0.117. The topological polar surface area (TPSA) is 80.2 Å². The summed E-state index contributed by atoms with van der Waals surface area (Å²) in [5.74, 6) is -0.289. The standard InChI is InChI=1S/C7H8ClN3O3S3/c1-15-7-10-9-6(16-7)11-3-4(2-5(11)12)17(8,13)14/h4H,2-3H2,1H3. The number of thioether (sulfide) groups is 1. The van der Waals surface area contributed by atoms with Gasteiger partial charge in [-0.2, -0.15) is 0 Å². The van der Waals surface area contributed by atoms with E-state index in [1.807, 2.05) is 6.26 Å². The van der Waals surface area contributed by atoms with Crippen molar-refractivity contribution in [2.75, 3.05) is 17.7 Å². The molecule has 1 fully saturated rings. The highest BCUT2D eigenvalue weighted by atomic mass is 35.7. The maximum atomic E-state index is 11.7. The molecule has 0 bridgehead atoms. The van der Waals surface area contributed by atoms with E-state index in [1.54, 1.807) is 0 Å². The number of anilines is 1. The first-order valence-electron chi connectivity index (χ1n) is 4.53. The fourth-order valence-electron chi connectivity index (χ4n) is 1.44. The van der Waals surface area contributed by atoms with Gasteiger partial charge in [0.25, 0.3) is 0 Å². The Morgan fingerprint density at radius 2 is 2.24 bits per heavy atom. The Morgan fingerprint density at radius 3 is 2.71 bits per heavy atom. The number of halogens is 1. The largest absolute Gasteiger partial charge is 0.285 e. The number of carbonyl (C=O) groups excluding carboxylic acids is 1. The van der Waals surface area contributed by atoms with Crippen molar-refractivity contribution in [2.45, 2.75) is 16.0 Å². The highest BCUT2D eigenvalue weighted by Gasteiger charge is 2.39. The fraction of sp³-hybridized carbons (Fsp3) is 0.571. The molecule has 10 heteroatoms. The summed E-state index contributed by atoms with van der Waals surface area (Å²) in [6, 6.07) is 0. The van der Waals surface area contributed by atoms with Gasteiger partial charge >= 0.3 is 0 Å². The minimum absolute atomic E-state index is 0.0493. The van der Waals surface area contributed by atoms with Gasteiger partial charge < -0.3 is 0 Å². The first kappa shape index (κ1) is 13.1. The number of nitrogens with zero attached hydrogens (tertiary/aromatic N) is 3. The number of rotatable bonds is 3. The minimum atomic E-state index is -3.71. The Kier molecular flexibility index (Phi) is 3.62. The van der Waals surface area contributed by atoms with Crippen molar-refractivity contribution in [3.05, 3.63) is 0 Å². The average Bonchev–Trinajstić information content (AvgIpc) is 2.82. The van der Waals surface area contributed by atoms with Crippen molar-refractivity contribution in [1.29, 1.82) is 0 Å². The molecular formula is C7H8ClN3O3S3. The van der Waals surface area contributed by atoms with Gasteiger partial charge in [-0.25, -0.2) is 8.42 Å². The zero-order valence-corrected chi connectivity index (χ0v) is 11.9. The second kappa shape index (κ2) is 4.71. The van der Waals surface area contributed by atoms with E-state index < -0.39 is 14.3 Å². The highest BCUT2D eigenvalue weighted by molar-refractivity contribution is 8.14. The van der Waals surface area contributed by atoms with Crippen LogP contribution in [0.2, 0.25) is 0 Å². The third-order valence-electron chi connectivity index (χ3n) is 2.29. The Labute approximate surface area is 111 Å². The maximum absolute atomic E-state index is 11.7. The Balaban J connectivity index is 2.21. The highest BCUT2D eigenvalue weighted by Crippen LogP contribution is 2.31. The van der Waals surface area contributed by atoms with Crippen LogP contribution < -0.4 is 4.90 Å². The monoisotopic (exact) mass is 313 g/mol. The molecule has 1 aromatic heterocycles. The maximum Gasteiger partial charge on any atom is 0.237 e. The smallest absolute Gasteiger partial charge is 0.237 e. The Bertz CT molecular complexity index is 544. The number of amides is 1. The van der Waals surface area contributed by atoms with Gasteiger partial charge in [-0.1, -0.05) is 23.1 Å². The van der Waals surface area contributed by atoms with E-state index in [9.17, 15) is 13.2 Å². The molecule has 1 amide bonds. The van der Waals surface area contributed by atoms with Crippen LogP contribution in [0, 0.1) is 0 Å². The molecule has 1 saturated heterocycles. The molecule has 1 atom stereocenters. The summed E-state index contributed by atoms with van der Waals surface area (Å²) < 4.78 is 23.1. The molecule has 1 aromatic rings. The van der Waals surface area contributed by atoms with Crippen LogP contribution >= 0.6 is 33.8 Å². The molecule has 17 heavy (non-hydrogen) atoms. The number of hydrogen-bond acceptors (Lipinski definition) is 7. The number of carbonyl (C=O) groups is 1. The van der Waals surface area contributed by atoms with E-state index in [-0.39, 0.29) is 18.9 Å². The summed E-state index contributed by atoms with van der Waals surface area (Å²) in [6.45, 7) is 0.0493. The third-order valence-corrected chi connectivity index (χ3v) is 6.08. The summed E-state index contributed by atoms with van der Waals surface area (Å²) in [5.41, 5.74) is 0. The first-order chi connectivity index (χ1) is 7.91. The second-order valence-corrected chi connectivity index (χ2v) is 8.28. The van der Waals surface area contributed by atoms with E-state index in [1.165, 1.54) is 28.0 Å². The van der Waals surface area contributed by atoms with Crippen LogP contribution in [0.3, 0.4) is 0 Å². The van der Waals surface area contributed by atoms with Crippen molar-refractivity contribution in [2.24, 2.45) is 0 Å². The molecule has 0 aliphatic carbocycles. The average molecular weight is 314 g/mol. The predicted molar refractivity (Wildman–Crippen MR) is 67.2 cm³/mol. The summed E-state index contributed by atoms with van der Waals surface area (Å²) in [4.78, 5) is 13.0. The molecule has 0 saturated carbocycles. The van der Waals surface area contributed by atoms with Gasteiger partial charge in [0.1, 0.15) is 5.25 Å². The molecule has 1 aliphatic rings. The molecule has 0 spiro atoms. The molecule has 2 rings (SSSR count). The van der Waals surface area contributed by atoms with Crippen LogP contribution in [0.1, 0.15) is 6.42 Å². The molecule has 1 unspecified atom stereocenters. The summed E-state index contributed by atoms with van der Waals surface area (Å²) in [7, 11) is 1.53. The van der Waals surface area contributed by atoms with E-state index in [2.05, 4.69) is 10.2 Å². The van der Waals surface area contributed by atoms with Gasteiger partial charge in [-0.15, -0.1) is 10.2 Å². The van der Waals surface area contributed by atoms with Gasteiger partial charge in [0.2, 0.25) is 20.1 Å². The quantitative estimate of drug-likeness (QED) is 0.469. The van der Waals surface area contributed by atoms with Crippen LogP contribution in [-0.4, -0.2) is 42.6 Å². The van der Waals surface area contributed by atoms with Crippen molar-refractivity contribution in [3.8, 4) is 0 Å². The third kappa shape index (κ3) is 2.72. The lowest BCUT2D eigenvalue weighted by atomic mass is 10.4. The summed E-state index contributed by atoms with van der Waals surface area (Å²) in [5, 5.41) is 7.26. The van der Waals surface area contributed by atoms with Crippen LogP contribution in [0.5, 0.6) is 0 Å². The van der Waals surface area contributed by atoms with Gasteiger partial charge in [-0.05, 0) is 6.26 Å². The molecular weight excluding hydrogens is 306 g/mol. The van der Waals surface area contributed by atoms with Crippen LogP contribution in [0.25, 0.3) is 0 Å². The SMILES string of the molecule is CSc1nnc(N2CC(S(=O)(=O)Cl)CC2=O)s1. The summed E-state index contributed by atoms with van der Waals surface area (Å²) in [6.07, 6.45) is 1.75. The zero-order chi connectivity index (χ0) is 12.6. The van der Waals surface area contributed by atoms with E-state index >= 15 is 0 Å². The molecule has 0 radical (unpaired) electrons. The molecule has 94 valence electrons. The first-order valence-corrected chi connectivity index (χ1v) is 8.94. The Hall–Kier alpha value is -0.380. The molecule has 1 aliphatic heterocycles. The van der Waals surface area contributed by atoms with E-state index in [0.29, 0.717) is 5.13 Å². The van der Waals surface area contributed by atoms with Gasteiger partial charge in [0.05, 0.1) is 0 Å². The number of hydrogen-bond donors (Lipinski definition) is 0. The zero-order valence-electron chi connectivity index (χ0n) is 8.66. The van der Waals surface area contributed by atoms with Gasteiger partial charge in [0, 0.05) is 23.6 Å². The lowest BCUT2D eigenvalue weighted by Crippen LogP contribution is -2.26. The van der Waals surface area contributed by atoms with E-state index in [0.717, 1.165) is 4.34 Å². The number of aromatic nitrogens is 2. The van der Waals surface area contributed by atoms with E-state index in [4.69, 9.17) is 10.7 Å². The normalized spacial score (nSPS) is 21.2. The molecule has 6 nitrogen and oxygen atoms in total. The van der Waals surface area contributed by atoms with Crippen molar-refractivity contribution in [1.82, 2.24) is 10.2 Å². The minimum Gasteiger partial charge on any atom is -0.285 e. The molecule has 0 N–H and O–H groups in total. The van der Waals surface area contributed by atoms with Crippen LogP contribution in [0.15, 0.2) is 4.34 Å². The van der Waals surface area contributed by atoms with Gasteiger partial charge in [-0.3, -0.25) is 9.69 Å². The predicted octanol–water partition coefficient (Wildman–Crippen LogP) is 0.934. The van der Waals surface area contributed by atoms with Crippen molar-refractivity contribution < 1.29 is 13.2 Å². The van der Waals surface area contributed by atoms with Crippen molar-refractivity contribution in [3.63, 3.8) is 0 Å². The Morgan fingerprint density at radius 1 is 1.53 bits per heavy atom. The second-order valence-electron chi connectivity index (χ2n) is 3.36. The van der Waals surface area contributed by atoms with Crippen LogP contribution in [-0.2, 0) is 13.8 Å². The van der Waals surface area contributed by atoms with Crippen molar-refractivity contribution >= 4 is 53.9 Å². The molecule has 0 aromatic carbocycles. The lowest BCUT2D eigenvalue weighted by Gasteiger charge is -2.10. The van der Waals surface area contributed by atoms with Crippen LogP contribution in [0.4, 0.5) is 5.13 Å². The fourth-order valence-corrected chi connectivity index (χ4v) is 3.75. The molecule has 2 heterocycles. The summed E-state index contributed by atoms with van der Waals surface area (Å²) >= 11 is 2.67. The van der Waals surface area contributed by atoms with Gasteiger partial charge in [0.15, 0.2) is 4.34 Å².